The number of carbonyl (C=O) groups is 2. The summed E-state index contributed by atoms with van der Waals surface area (Å²) in [5.41, 5.74) is 2.22. The highest BCUT2D eigenvalue weighted by Crippen LogP contribution is 2.26. The number of pyridine rings is 1. The van der Waals surface area contributed by atoms with Gasteiger partial charge in [-0.25, -0.2) is 13.8 Å². The van der Waals surface area contributed by atoms with Crippen molar-refractivity contribution in [1.82, 2.24) is 19.9 Å². The number of rotatable bonds is 3. The molecule has 9 heteroatoms. The van der Waals surface area contributed by atoms with E-state index in [0.29, 0.717) is 35.4 Å². The predicted octanol–water partition coefficient (Wildman–Crippen LogP) is 3.53. The second kappa shape index (κ2) is 8.05. The van der Waals surface area contributed by atoms with Gasteiger partial charge in [0.2, 0.25) is 0 Å². The molecule has 7 nitrogen and oxygen atoms in total. The van der Waals surface area contributed by atoms with Crippen LogP contribution in [0.1, 0.15) is 51.9 Å². The molecule has 31 heavy (non-hydrogen) atoms. The number of nitrogens with zero attached hydrogens (tertiary/aromatic N) is 4. The van der Waals surface area contributed by atoms with E-state index >= 15 is 0 Å². The van der Waals surface area contributed by atoms with Crippen LogP contribution in [0.25, 0.3) is 11.1 Å². The molecule has 0 bridgehead atoms. The maximum atomic E-state index is 13.5. The minimum Gasteiger partial charge on any atom is -0.336 e. The first-order valence-electron chi connectivity index (χ1n) is 10.1. The van der Waals surface area contributed by atoms with Crippen LogP contribution in [0.15, 0.2) is 28.8 Å². The maximum absolute atomic E-state index is 13.5. The van der Waals surface area contributed by atoms with Gasteiger partial charge in [0, 0.05) is 37.4 Å². The molecule has 2 aromatic heterocycles. The minimum absolute atomic E-state index is 0.0798. The monoisotopic (exact) mass is 428 g/mol. The Morgan fingerprint density at radius 3 is 2.26 bits per heavy atom. The molecule has 1 aromatic carbocycles. The van der Waals surface area contributed by atoms with Crippen molar-refractivity contribution in [3.05, 3.63) is 58.4 Å². The molecule has 0 radical (unpaired) electrons. The molecule has 0 atom stereocenters. The van der Waals surface area contributed by atoms with Gasteiger partial charge in [0.25, 0.3) is 17.5 Å². The van der Waals surface area contributed by atoms with Crippen LogP contribution in [0.4, 0.5) is 8.78 Å². The number of amides is 2. The third kappa shape index (κ3) is 3.87. The van der Waals surface area contributed by atoms with E-state index in [9.17, 15) is 18.4 Å². The maximum Gasteiger partial charge on any atom is 0.259 e. The van der Waals surface area contributed by atoms with E-state index in [2.05, 4.69) is 10.1 Å². The Morgan fingerprint density at radius 1 is 1.00 bits per heavy atom. The van der Waals surface area contributed by atoms with Crippen LogP contribution >= 0.6 is 0 Å². The number of aromatic nitrogens is 2. The second-order valence-electron chi connectivity index (χ2n) is 7.91. The number of piperazine rings is 1. The summed E-state index contributed by atoms with van der Waals surface area (Å²) >= 11 is 0. The number of carbonyl (C=O) groups excluding carboxylic acids is 2. The molecule has 1 aliphatic heterocycles. The molecule has 0 unspecified atom stereocenters. The lowest BCUT2D eigenvalue weighted by Crippen LogP contribution is -2.50. The summed E-state index contributed by atoms with van der Waals surface area (Å²) in [7, 11) is 0. The van der Waals surface area contributed by atoms with Crippen molar-refractivity contribution in [2.75, 3.05) is 26.2 Å². The number of benzene rings is 1. The Balaban J connectivity index is 1.53. The standard InChI is InChI=1S/C22H22F2N4O3/c1-12(2)18-11-15(19-13(3)26-31-20(19)25-18)22(30)28-8-6-27(7-9-28)21(29)14-4-5-16(23)17(24)10-14/h4-5,10-12H,6-9H2,1-3H3. The first-order chi connectivity index (χ1) is 14.8. The SMILES string of the molecule is Cc1noc2nc(C(C)C)cc(C(=O)N3CCN(C(=O)c4ccc(F)c(F)c4)CC3)c12. The van der Waals surface area contributed by atoms with Crippen LogP contribution in [0.5, 0.6) is 0 Å². The molecule has 0 spiro atoms. The molecule has 162 valence electrons. The fraction of sp³-hybridized carbons (Fsp3) is 0.364. The molecule has 3 aromatic rings. The zero-order valence-corrected chi connectivity index (χ0v) is 17.5. The molecule has 0 saturated carbocycles. The van der Waals surface area contributed by atoms with Crippen LogP contribution in [0.2, 0.25) is 0 Å². The topological polar surface area (TPSA) is 79.5 Å². The van der Waals surface area contributed by atoms with Crippen molar-refractivity contribution in [3.8, 4) is 0 Å². The normalized spacial score (nSPS) is 14.5. The fourth-order valence-electron chi connectivity index (χ4n) is 3.67. The van der Waals surface area contributed by atoms with E-state index < -0.39 is 17.5 Å². The lowest BCUT2D eigenvalue weighted by molar-refractivity contribution is 0.0536. The first kappa shape index (κ1) is 20.9. The van der Waals surface area contributed by atoms with Crippen LogP contribution in [-0.4, -0.2) is 57.9 Å². The van der Waals surface area contributed by atoms with Crippen molar-refractivity contribution in [2.45, 2.75) is 26.7 Å². The van der Waals surface area contributed by atoms with E-state index in [4.69, 9.17) is 4.52 Å². The molecule has 4 rings (SSSR count). The summed E-state index contributed by atoms with van der Waals surface area (Å²) < 4.78 is 31.9. The van der Waals surface area contributed by atoms with Gasteiger partial charge in [-0.05, 0) is 37.1 Å². The Bertz CT molecular complexity index is 1170. The van der Waals surface area contributed by atoms with Gasteiger partial charge >= 0.3 is 0 Å². The van der Waals surface area contributed by atoms with E-state index in [-0.39, 0.29) is 30.5 Å². The Hall–Kier alpha value is -3.36. The molecule has 3 heterocycles. The smallest absolute Gasteiger partial charge is 0.259 e. The fourth-order valence-corrected chi connectivity index (χ4v) is 3.67. The molecule has 0 aliphatic carbocycles. The van der Waals surface area contributed by atoms with Crippen LogP contribution in [0, 0.1) is 18.6 Å². The van der Waals surface area contributed by atoms with Gasteiger partial charge in [-0.1, -0.05) is 19.0 Å². The quantitative estimate of drug-likeness (QED) is 0.638. The predicted molar refractivity (Wildman–Crippen MR) is 109 cm³/mol. The van der Waals surface area contributed by atoms with Gasteiger partial charge in [0.05, 0.1) is 16.6 Å². The Labute approximate surface area is 177 Å². The van der Waals surface area contributed by atoms with Gasteiger partial charge in [0.1, 0.15) is 0 Å². The van der Waals surface area contributed by atoms with Gasteiger partial charge in [0.15, 0.2) is 11.6 Å². The Kier molecular flexibility index (Phi) is 5.43. The molecule has 1 saturated heterocycles. The summed E-state index contributed by atoms with van der Waals surface area (Å²) in [6.45, 7) is 6.94. The number of aryl methyl sites for hydroxylation is 1. The average Bonchev–Trinajstić information content (AvgIpc) is 3.15. The lowest BCUT2D eigenvalue weighted by atomic mass is 10.0. The highest BCUT2D eigenvalue weighted by atomic mass is 19.2. The summed E-state index contributed by atoms with van der Waals surface area (Å²) in [6, 6.07) is 4.86. The third-order valence-electron chi connectivity index (χ3n) is 5.48. The van der Waals surface area contributed by atoms with E-state index in [0.717, 1.165) is 17.8 Å². The summed E-state index contributed by atoms with van der Waals surface area (Å²) in [5, 5.41) is 4.54. The average molecular weight is 428 g/mol. The summed E-state index contributed by atoms with van der Waals surface area (Å²) in [5.74, 6) is -2.53. The minimum atomic E-state index is -1.06. The first-order valence-corrected chi connectivity index (χ1v) is 10.1. The third-order valence-corrected chi connectivity index (χ3v) is 5.48. The van der Waals surface area contributed by atoms with Crippen molar-refractivity contribution in [2.24, 2.45) is 0 Å². The van der Waals surface area contributed by atoms with Crippen LogP contribution in [-0.2, 0) is 0 Å². The summed E-state index contributed by atoms with van der Waals surface area (Å²) in [4.78, 5) is 33.6. The Morgan fingerprint density at radius 2 is 1.65 bits per heavy atom. The molecular weight excluding hydrogens is 406 g/mol. The van der Waals surface area contributed by atoms with Crippen molar-refractivity contribution in [3.63, 3.8) is 0 Å². The highest BCUT2D eigenvalue weighted by molar-refractivity contribution is 6.06. The van der Waals surface area contributed by atoms with E-state index in [1.165, 1.54) is 11.0 Å². The van der Waals surface area contributed by atoms with Crippen molar-refractivity contribution in [1.29, 1.82) is 0 Å². The molecule has 0 N–H and O–H groups in total. The zero-order chi connectivity index (χ0) is 22.3. The van der Waals surface area contributed by atoms with E-state index in [1.807, 2.05) is 13.8 Å². The van der Waals surface area contributed by atoms with Crippen molar-refractivity contribution < 1.29 is 22.9 Å². The van der Waals surface area contributed by atoms with Crippen LogP contribution < -0.4 is 0 Å². The zero-order valence-electron chi connectivity index (χ0n) is 17.5. The number of hydrogen-bond donors (Lipinski definition) is 0. The van der Waals surface area contributed by atoms with Gasteiger partial charge in [-0.3, -0.25) is 9.59 Å². The number of fused-ring (bicyclic) bond motifs is 1. The second-order valence-corrected chi connectivity index (χ2v) is 7.91. The van der Waals surface area contributed by atoms with E-state index in [1.54, 1.807) is 17.9 Å². The lowest BCUT2D eigenvalue weighted by Gasteiger charge is -2.35. The molecule has 2 amide bonds. The van der Waals surface area contributed by atoms with Crippen molar-refractivity contribution >= 4 is 22.9 Å². The summed E-state index contributed by atoms with van der Waals surface area (Å²) in [6.07, 6.45) is 0. The highest BCUT2D eigenvalue weighted by Gasteiger charge is 2.28. The number of hydrogen-bond acceptors (Lipinski definition) is 5. The largest absolute Gasteiger partial charge is 0.336 e. The van der Waals surface area contributed by atoms with Crippen LogP contribution in [0.3, 0.4) is 0 Å². The molecule has 1 fully saturated rings. The molecule has 1 aliphatic rings. The van der Waals surface area contributed by atoms with Gasteiger partial charge in [-0.2, -0.15) is 0 Å². The number of halogens is 2. The molecular formula is C22H22F2N4O3. The van der Waals surface area contributed by atoms with Gasteiger partial charge in [-0.15, -0.1) is 0 Å². The van der Waals surface area contributed by atoms with Gasteiger partial charge < -0.3 is 14.3 Å².